The zero-order valence-electron chi connectivity index (χ0n) is 11.7. The summed E-state index contributed by atoms with van der Waals surface area (Å²) in [5, 5.41) is 0. The molecule has 2 aromatic rings. The van der Waals surface area contributed by atoms with E-state index in [2.05, 4.69) is 15.4 Å². The molecule has 0 radical (unpaired) electrons. The van der Waals surface area contributed by atoms with Crippen LogP contribution in [0.25, 0.3) is 11.4 Å². The van der Waals surface area contributed by atoms with Gasteiger partial charge in [-0.05, 0) is 0 Å². The van der Waals surface area contributed by atoms with Crippen LogP contribution in [0.4, 0.5) is 5.82 Å². The highest BCUT2D eigenvalue weighted by molar-refractivity contribution is 5.57. The van der Waals surface area contributed by atoms with E-state index < -0.39 is 0 Å². The van der Waals surface area contributed by atoms with Gasteiger partial charge in [-0.15, -0.1) is 0 Å². The van der Waals surface area contributed by atoms with E-state index in [4.69, 9.17) is 15.3 Å². The van der Waals surface area contributed by atoms with E-state index >= 15 is 0 Å². The summed E-state index contributed by atoms with van der Waals surface area (Å²) >= 11 is 0. The zero-order chi connectivity index (χ0) is 14.5. The molecule has 3 N–H and O–H groups in total. The van der Waals surface area contributed by atoms with E-state index in [1.807, 2.05) is 30.3 Å². The number of anilines is 1. The molecule has 0 atom stereocenters. The number of aromatic nitrogens is 2. The molecule has 1 aliphatic rings. The van der Waals surface area contributed by atoms with Crippen molar-refractivity contribution in [2.24, 2.45) is 5.84 Å². The molecule has 0 saturated carbocycles. The van der Waals surface area contributed by atoms with E-state index in [1.54, 1.807) is 6.07 Å². The lowest BCUT2D eigenvalue weighted by Crippen LogP contribution is -2.26. The summed E-state index contributed by atoms with van der Waals surface area (Å²) in [6.45, 7) is 1.45. The monoisotopic (exact) mass is 286 g/mol. The molecular formula is C15H18N4O2. The standard InChI is InChI=1S/C15H18N4O2/c16-19-13-10-14(21-12-6-8-20-9-7-12)18-15(17-13)11-4-2-1-3-5-11/h1-5,10,12H,6-9,16H2,(H,17,18,19). The first-order valence-electron chi connectivity index (χ1n) is 7.00. The van der Waals surface area contributed by atoms with Crippen LogP contribution in [0.1, 0.15) is 12.8 Å². The molecule has 3 rings (SSSR count). The number of nitrogen functional groups attached to an aromatic ring is 1. The Hall–Kier alpha value is -2.18. The van der Waals surface area contributed by atoms with E-state index in [9.17, 15) is 0 Å². The molecule has 0 amide bonds. The Morgan fingerprint density at radius 1 is 1.14 bits per heavy atom. The van der Waals surface area contributed by atoms with Crippen LogP contribution in [0.5, 0.6) is 5.88 Å². The fourth-order valence-corrected chi connectivity index (χ4v) is 2.24. The van der Waals surface area contributed by atoms with Crippen LogP contribution in [0.3, 0.4) is 0 Å². The Kier molecular flexibility index (Phi) is 4.28. The Balaban J connectivity index is 1.86. The second kappa shape index (κ2) is 6.51. The van der Waals surface area contributed by atoms with E-state index in [-0.39, 0.29) is 6.10 Å². The molecule has 0 unspecified atom stereocenters. The number of hydrogen-bond donors (Lipinski definition) is 2. The van der Waals surface area contributed by atoms with Gasteiger partial charge in [-0.2, -0.15) is 4.98 Å². The topological polar surface area (TPSA) is 82.3 Å². The molecule has 1 aromatic carbocycles. The molecule has 110 valence electrons. The largest absolute Gasteiger partial charge is 0.474 e. The first-order chi connectivity index (χ1) is 10.3. The van der Waals surface area contributed by atoms with Crippen LogP contribution < -0.4 is 16.0 Å². The smallest absolute Gasteiger partial charge is 0.219 e. The van der Waals surface area contributed by atoms with Crippen molar-refractivity contribution in [3.63, 3.8) is 0 Å². The van der Waals surface area contributed by atoms with Gasteiger partial charge in [0.05, 0.1) is 13.2 Å². The summed E-state index contributed by atoms with van der Waals surface area (Å²) in [6.07, 6.45) is 1.87. The van der Waals surface area contributed by atoms with E-state index in [0.29, 0.717) is 17.5 Å². The van der Waals surface area contributed by atoms with Crippen molar-refractivity contribution < 1.29 is 9.47 Å². The van der Waals surface area contributed by atoms with Gasteiger partial charge in [0.1, 0.15) is 11.9 Å². The maximum Gasteiger partial charge on any atom is 0.219 e. The lowest BCUT2D eigenvalue weighted by Gasteiger charge is -2.23. The van der Waals surface area contributed by atoms with Crippen molar-refractivity contribution >= 4 is 5.82 Å². The van der Waals surface area contributed by atoms with Crippen LogP contribution >= 0.6 is 0 Å². The van der Waals surface area contributed by atoms with Gasteiger partial charge in [0, 0.05) is 24.5 Å². The summed E-state index contributed by atoms with van der Waals surface area (Å²) in [6, 6.07) is 11.5. The highest BCUT2D eigenvalue weighted by Crippen LogP contribution is 2.23. The van der Waals surface area contributed by atoms with Crippen LogP contribution in [0, 0.1) is 0 Å². The van der Waals surface area contributed by atoms with Crippen molar-refractivity contribution in [1.82, 2.24) is 9.97 Å². The van der Waals surface area contributed by atoms with Crippen LogP contribution in [-0.4, -0.2) is 29.3 Å². The van der Waals surface area contributed by atoms with Crippen molar-refractivity contribution in [2.45, 2.75) is 18.9 Å². The SMILES string of the molecule is NNc1cc(OC2CCOCC2)nc(-c2ccccc2)n1. The molecule has 21 heavy (non-hydrogen) atoms. The number of hydrogen-bond acceptors (Lipinski definition) is 6. The number of benzene rings is 1. The zero-order valence-corrected chi connectivity index (χ0v) is 11.7. The lowest BCUT2D eigenvalue weighted by molar-refractivity contribution is 0.0238. The Bertz CT molecular complexity index is 585. The average Bonchev–Trinajstić information content (AvgIpc) is 2.56. The Morgan fingerprint density at radius 3 is 2.62 bits per heavy atom. The highest BCUT2D eigenvalue weighted by atomic mass is 16.5. The predicted octanol–water partition coefficient (Wildman–Crippen LogP) is 1.99. The summed E-state index contributed by atoms with van der Waals surface area (Å²) in [5.74, 6) is 7.14. The molecule has 1 saturated heterocycles. The second-order valence-corrected chi connectivity index (χ2v) is 4.85. The third-order valence-corrected chi connectivity index (χ3v) is 3.34. The van der Waals surface area contributed by atoms with E-state index in [1.165, 1.54) is 0 Å². The van der Waals surface area contributed by atoms with Crippen molar-refractivity contribution in [3.8, 4) is 17.3 Å². The quantitative estimate of drug-likeness (QED) is 0.660. The molecule has 6 nitrogen and oxygen atoms in total. The van der Waals surface area contributed by atoms with Gasteiger partial charge in [-0.1, -0.05) is 30.3 Å². The van der Waals surface area contributed by atoms with E-state index in [0.717, 1.165) is 31.6 Å². The minimum Gasteiger partial charge on any atom is -0.474 e. The molecular weight excluding hydrogens is 268 g/mol. The van der Waals surface area contributed by atoms with Gasteiger partial charge in [0.2, 0.25) is 5.88 Å². The van der Waals surface area contributed by atoms with Crippen LogP contribution in [0.15, 0.2) is 36.4 Å². The molecule has 6 heteroatoms. The predicted molar refractivity (Wildman–Crippen MR) is 79.7 cm³/mol. The minimum absolute atomic E-state index is 0.128. The molecule has 1 fully saturated rings. The normalized spacial score (nSPS) is 15.7. The number of nitrogens with two attached hydrogens (primary N) is 1. The molecule has 0 aliphatic carbocycles. The Labute approximate surface area is 123 Å². The summed E-state index contributed by atoms with van der Waals surface area (Å²) in [5.41, 5.74) is 3.48. The van der Waals surface area contributed by atoms with Gasteiger partial charge in [0.25, 0.3) is 0 Å². The van der Waals surface area contributed by atoms with Crippen LogP contribution in [0.2, 0.25) is 0 Å². The third-order valence-electron chi connectivity index (χ3n) is 3.34. The average molecular weight is 286 g/mol. The minimum atomic E-state index is 0.128. The summed E-state index contributed by atoms with van der Waals surface area (Å²) in [7, 11) is 0. The van der Waals surface area contributed by atoms with Crippen LogP contribution in [-0.2, 0) is 4.74 Å². The first kappa shape index (κ1) is 13.8. The van der Waals surface area contributed by atoms with Gasteiger partial charge < -0.3 is 14.9 Å². The number of nitrogens with one attached hydrogen (secondary N) is 1. The molecule has 0 spiro atoms. The van der Waals surface area contributed by atoms with Crippen molar-refractivity contribution in [2.75, 3.05) is 18.6 Å². The number of rotatable bonds is 4. The summed E-state index contributed by atoms with van der Waals surface area (Å²) in [4.78, 5) is 8.84. The molecule has 0 bridgehead atoms. The van der Waals surface area contributed by atoms with Crippen molar-refractivity contribution in [3.05, 3.63) is 36.4 Å². The lowest BCUT2D eigenvalue weighted by atomic mass is 10.1. The summed E-state index contributed by atoms with van der Waals surface area (Å²) < 4.78 is 11.3. The molecule has 1 aliphatic heterocycles. The van der Waals surface area contributed by atoms with Gasteiger partial charge in [-0.3, -0.25) is 0 Å². The third kappa shape index (κ3) is 3.48. The second-order valence-electron chi connectivity index (χ2n) is 4.85. The molecule has 2 heterocycles. The Morgan fingerprint density at radius 2 is 1.90 bits per heavy atom. The van der Waals surface area contributed by atoms with Gasteiger partial charge in [-0.25, -0.2) is 10.8 Å². The number of nitrogens with zero attached hydrogens (tertiary/aromatic N) is 2. The molecule has 1 aromatic heterocycles. The highest BCUT2D eigenvalue weighted by Gasteiger charge is 2.17. The maximum atomic E-state index is 5.93. The number of hydrazine groups is 1. The van der Waals surface area contributed by atoms with Gasteiger partial charge >= 0.3 is 0 Å². The number of ether oxygens (including phenoxy) is 2. The van der Waals surface area contributed by atoms with Crippen molar-refractivity contribution in [1.29, 1.82) is 0 Å². The first-order valence-corrected chi connectivity index (χ1v) is 7.00. The van der Waals surface area contributed by atoms with Gasteiger partial charge in [0.15, 0.2) is 5.82 Å². The maximum absolute atomic E-state index is 5.93. The fourth-order valence-electron chi connectivity index (χ4n) is 2.24. The fraction of sp³-hybridized carbons (Fsp3) is 0.333.